The number of hydrogen-bond acceptors (Lipinski definition) is 5. The van der Waals surface area contributed by atoms with Crippen molar-refractivity contribution in [3.05, 3.63) is 58.1 Å². The van der Waals surface area contributed by atoms with Gasteiger partial charge in [-0.05, 0) is 61.7 Å². The van der Waals surface area contributed by atoms with Crippen molar-refractivity contribution in [2.75, 3.05) is 25.0 Å². The summed E-state index contributed by atoms with van der Waals surface area (Å²) in [6, 6.07) is 11.0. The molecule has 2 aromatic rings. The third kappa shape index (κ3) is 5.23. The van der Waals surface area contributed by atoms with Gasteiger partial charge in [-0.2, -0.15) is 4.31 Å². The highest BCUT2D eigenvalue weighted by molar-refractivity contribution is 9.10. The number of anilines is 1. The highest BCUT2D eigenvalue weighted by atomic mass is 79.9. The second kappa shape index (κ2) is 9.06. The minimum atomic E-state index is -3.63. The molecule has 1 saturated heterocycles. The second-order valence-electron chi connectivity index (χ2n) is 6.73. The number of nitrogens with zero attached hydrogens (tertiary/aromatic N) is 1. The topological polar surface area (TPSA) is 92.8 Å². The Bertz CT molecular complexity index is 1030. The molecule has 29 heavy (non-hydrogen) atoms. The zero-order chi connectivity index (χ0) is 21.0. The Morgan fingerprint density at radius 2 is 1.86 bits per heavy atom. The molecule has 7 nitrogen and oxygen atoms in total. The molecule has 0 radical (unpaired) electrons. The predicted molar refractivity (Wildman–Crippen MR) is 112 cm³/mol. The van der Waals surface area contributed by atoms with Gasteiger partial charge >= 0.3 is 5.97 Å². The van der Waals surface area contributed by atoms with E-state index in [0.29, 0.717) is 18.8 Å². The molecule has 9 heteroatoms. The van der Waals surface area contributed by atoms with Crippen molar-refractivity contribution < 1.29 is 22.7 Å². The molecular weight excluding hydrogens is 460 g/mol. The van der Waals surface area contributed by atoms with Crippen molar-refractivity contribution in [1.82, 2.24) is 4.31 Å². The lowest BCUT2D eigenvalue weighted by atomic mass is 10.2. The van der Waals surface area contributed by atoms with Gasteiger partial charge in [0, 0.05) is 23.2 Å². The van der Waals surface area contributed by atoms with E-state index in [9.17, 15) is 18.0 Å². The fraction of sp³-hybridized carbons (Fsp3) is 0.300. The zero-order valence-electron chi connectivity index (χ0n) is 15.9. The van der Waals surface area contributed by atoms with Crippen LogP contribution < -0.4 is 5.32 Å². The van der Waals surface area contributed by atoms with Gasteiger partial charge in [0.25, 0.3) is 5.91 Å². The second-order valence-corrected chi connectivity index (χ2v) is 9.52. The van der Waals surface area contributed by atoms with Crippen LogP contribution in [0, 0.1) is 6.92 Å². The summed E-state index contributed by atoms with van der Waals surface area (Å²) in [7, 11) is -3.63. The van der Waals surface area contributed by atoms with Crippen LogP contribution in [-0.4, -0.2) is 44.3 Å². The predicted octanol–water partition coefficient (Wildman–Crippen LogP) is 3.34. The third-order valence-electron chi connectivity index (χ3n) is 4.55. The molecule has 1 amide bonds. The number of rotatable bonds is 6. The average Bonchev–Trinajstić information content (AvgIpc) is 3.25. The van der Waals surface area contributed by atoms with Crippen LogP contribution in [0.2, 0.25) is 0 Å². The fourth-order valence-electron chi connectivity index (χ4n) is 3.00. The lowest BCUT2D eigenvalue weighted by Crippen LogP contribution is -2.28. The van der Waals surface area contributed by atoms with Gasteiger partial charge < -0.3 is 10.1 Å². The molecule has 1 aliphatic heterocycles. The highest BCUT2D eigenvalue weighted by Gasteiger charge is 2.27. The molecule has 3 rings (SSSR count). The summed E-state index contributed by atoms with van der Waals surface area (Å²) in [5.74, 6) is -1.24. The number of amides is 1. The van der Waals surface area contributed by atoms with Crippen LogP contribution >= 0.6 is 15.9 Å². The Hall–Kier alpha value is -2.23. The number of hydrogen-bond donors (Lipinski definition) is 1. The minimum absolute atomic E-state index is 0.0450. The number of aryl methyl sites for hydroxylation is 1. The molecular formula is C20H21BrN2O5S. The molecule has 0 unspecified atom stereocenters. The lowest BCUT2D eigenvalue weighted by molar-refractivity contribution is -0.119. The number of sulfonamides is 1. The molecule has 0 aromatic heterocycles. The monoisotopic (exact) mass is 480 g/mol. The third-order valence-corrected chi connectivity index (χ3v) is 7.33. The van der Waals surface area contributed by atoms with E-state index >= 15 is 0 Å². The number of carbonyl (C=O) groups excluding carboxylic acids is 2. The van der Waals surface area contributed by atoms with E-state index in [1.165, 1.54) is 28.6 Å². The molecule has 0 spiro atoms. The Kier molecular flexibility index (Phi) is 6.71. The number of carbonyl (C=O) groups is 2. The van der Waals surface area contributed by atoms with Gasteiger partial charge in [0.05, 0.1) is 10.5 Å². The molecule has 0 saturated carbocycles. The quantitative estimate of drug-likeness (QED) is 0.639. The Morgan fingerprint density at radius 1 is 1.14 bits per heavy atom. The maximum Gasteiger partial charge on any atom is 0.338 e. The smallest absolute Gasteiger partial charge is 0.338 e. The van der Waals surface area contributed by atoms with Crippen molar-refractivity contribution >= 4 is 43.5 Å². The van der Waals surface area contributed by atoms with Gasteiger partial charge in [-0.1, -0.05) is 22.0 Å². The minimum Gasteiger partial charge on any atom is -0.452 e. The van der Waals surface area contributed by atoms with Crippen molar-refractivity contribution in [1.29, 1.82) is 0 Å². The zero-order valence-corrected chi connectivity index (χ0v) is 18.3. The molecule has 0 bridgehead atoms. The molecule has 1 aliphatic rings. The summed E-state index contributed by atoms with van der Waals surface area (Å²) in [4.78, 5) is 24.4. The van der Waals surface area contributed by atoms with Gasteiger partial charge in [-0.25, -0.2) is 13.2 Å². The number of ether oxygens (including phenoxy) is 1. The van der Waals surface area contributed by atoms with Crippen molar-refractivity contribution in [3.63, 3.8) is 0 Å². The van der Waals surface area contributed by atoms with E-state index in [0.717, 1.165) is 22.9 Å². The van der Waals surface area contributed by atoms with Crippen LogP contribution in [-0.2, 0) is 19.6 Å². The largest absolute Gasteiger partial charge is 0.452 e. The standard InChI is InChI=1S/C20H21BrN2O5S/c1-14-11-16(7-8-18(14)21)22-19(24)13-28-20(25)15-5-4-6-17(12-15)29(26,27)23-9-2-3-10-23/h4-8,11-12H,2-3,9-10,13H2,1H3,(H,22,24). The van der Waals surface area contributed by atoms with Crippen LogP contribution in [0.3, 0.4) is 0 Å². The van der Waals surface area contributed by atoms with Crippen LogP contribution in [0.5, 0.6) is 0 Å². The van der Waals surface area contributed by atoms with Gasteiger partial charge in [0.2, 0.25) is 10.0 Å². The van der Waals surface area contributed by atoms with Crippen molar-refractivity contribution in [2.45, 2.75) is 24.7 Å². The summed E-state index contributed by atoms with van der Waals surface area (Å²) in [5.41, 5.74) is 1.62. The van der Waals surface area contributed by atoms with E-state index in [1.807, 2.05) is 13.0 Å². The average molecular weight is 481 g/mol. The summed E-state index contributed by atoms with van der Waals surface area (Å²) < 4.78 is 32.6. The van der Waals surface area contributed by atoms with Crippen molar-refractivity contribution in [2.24, 2.45) is 0 Å². The van der Waals surface area contributed by atoms with E-state index in [1.54, 1.807) is 12.1 Å². The van der Waals surface area contributed by atoms with Gasteiger partial charge in [0.1, 0.15) is 0 Å². The first-order valence-corrected chi connectivity index (χ1v) is 11.3. The molecule has 1 fully saturated rings. The van der Waals surface area contributed by atoms with Crippen LogP contribution in [0.1, 0.15) is 28.8 Å². The molecule has 1 N–H and O–H groups in total. The normalized spacial score (nSPS) is 14.6. The summed E-state index contributed by atoms with van der Waals surface area (Å²) in [6.07, 6.45) is 1.65. The number of esters is 1. The fourth-order valence-corrected chi connectivity index (χ4v) is 4.81. The molecule has 0 atom stereocenters. The van der Waals surface area contributed by atoms with Crippen LogP contribution in [0.15, 0.2) is 51.8 Å². The van der Waals surface area contributed by atoms with Crippen molar-refractivity contribution in [3.8, 4) is 0 Å². The highest BCUT2D eigenvalue weighted by Crippen LogP contribution is 2.22. The van der Waals surface area contributed by atoms with E-state index < -0.39 is 28.5 Å². The molecule has 154 valence electrons. The van der Waals surface area contributed by atoms with Crippen LogP contribution in [0.25, 0.3) is 0 Å². The molecule has 1 heterocycles. The first-order chi connectivity index (χ1) is 13.8. The summed E-state index contributed by atoms with van der Waals surface area (Å²) in [5, 5.41) is 2.65. The first kappa shape index (κ1) is 21.5. The number of nitrogens with one attached hydrogen (secondary N) is 1. The maximum absolute atomic E-state index is 12.6. The first-order valence-electron chi connectivity index (χ1n) is 9.11. The van der Waals surface area contributed by atoms with E-state index in [-0.39, 0.29) is 10.5 Å². The Morgan fingerprint density at radius 3 is 2.55 bits per heavy atom. The molecule has 0 aliphatic carbocycles. The lowest BCUT2D eigenvalue weighted by Gasteiger charge is -2.15. The Balaban J connectivity index is 1.62. The Labute approximate surface area is 178 Å². The van der Waals surface area contributed by atoms with Crippen LogP contribution in [0.4, 0.5) is 5.69 Å². The number of halogens is 1. The van der Waals surface area contributed by atoms with E-state index in [2.05, 4.69) is 21.2 Å². The molecule has 2 aromatic carbocycles. The maximum atomic E-state index is 12.6. The number of benzene rings is 2. The van der Waals surface area contributed by atoms with Gasteiger partial charge in [0.15, 0.2) is 6.61 Å². The van der Waals surface area contributed by atoms with Gasteiger partial charge in [-0.15, -0.1) is 0 Å². The SMILES string of the molecule is Cc1cc(NC(=O)COC(=O)c2cccc(S(=O)(=O)N3CCCC3)c2)ccc1Br. The van der Waals surface area contributed by atoms with Gasteiger partial charge in [-0.3, -0.25) is 4.79 Å². The summed E-state index contributed by atoms with van der Waals surface area (Å²) >= 11 is 3.38. The summed E-state index contributed by atoms with van der Waals surface area (Å²) in [6.45, 7) is 2.37. The van der Waals surface area contributed by atoms with E-state index in [4.69, 9.17) is 4.74 Å².